The second-order valence-corrected chi connectivity index (χ2v) is 6.04. The van der Waals surface area contributed by atoms with Crippen LogP contribution in [0, 0.1) is 0 Å². The molecule has 1 aliphatic heterocycles. The van der Waals surface area contributed by atoms with Crippen molar-refractivity contribution < 1.29 is 9.59 Å². The molecule has 0 N–H and O–H groups in total. The van der Waals surface area contributed by atoms with Crippen LogP contribution < -0.4 is 0 Å². The van der Waals surface area contributed by atoms with E-state index in [1.54, 1.807) is 0 Å². The molecule has 124 valence electrons. The van der Waals surface area contributed by atoms with Crippen LogP contribution in [0.1, 0.15) is 27.1 Å². The summed E-state index contributed by atoms with van der Waals surface area (Å²) in [6.07, 6.45) is 0.524. The summed E-state index contributed by atoms with van der Waals surface area (Å²) in [6.45, 7) is 3.82. The molecule has 1 fully saturated rings. The Morgan fingerprint density at radius 2 is 1.29 bits per heavy atom. The lowest BCUT2D eigenvalue weighted by Gasteiger charge is -2.34. The van der Waals surface area contributed by atoms with Gasteiger partial charge in [-0.2, -0.15) is 0 Å². The van der Waals surface area contributed by atoms with Crippen LogP contribution in [0.15, 0.2) is 60.7 Å². The molecule has 0 unspecified atom stereocenters. The molecule has 1 saturated heterocycles. The Morgan fingerprint density at radius 3 is 1.88 bits per heavy atom. The van der Waals surface area contributed by atoms with Crippen LogP contribution in [0.2, 0.25) is 0 Å². The molecule has 1 aliphatic rings. The number of benzene rings is 2. The van der Waals surface area contributed by atoms with Gasteiger partial charge in [0.05, 0.1) is 0 Å². The minimum atomic E-state index is 0.0932. The van der Waals surface area contributed by atoms with Crippen molar-refractivity contribution in [2.24, 2.45) is 0 Å². The monoisotopic (exact) mass is 322 g/mol. The zero-order valence-electron chi connectivity index (χ0n) is 13.7. The van der Waals surface area contributed by atoms with Crippen molar-refractivity contribution in [1.29, 1.82) is 0 Å². The van der Waals surface area contributed by atoms with Crippen LogP contribution in [0.25, 0.3) is 0 Å². The van der Waals surface area contributed by atoms with Gasteiger partial charge >= 0.3 is 0 Å². The van der Waals surface area contributed by atoms with Crippen molar-refractivity contribution in [1.82, 2.24) is 9.80 Å². The molecule has 0 aliphatic carbocycles. The maximum atomic E-state index is 12.4. The van der Waals surface area contributed by atoms with Gasteiger partial charge in [0.15, 0.2) is 5.78 Å². The smallest absolute Gasteiger partial charge is 0.253 e. The second-order valence-electron chi connectivity index (χ2n) is 6.04. The Labute approximate surface area is 142 Å². The molecule has 24 heavy (non-hydrogen) atoms. The number of amides is 1. The first-order valence-corrected chi connectivity index (χ1v) is 8.39. The predicted molar refractivity (Wildman–Crippen MR) is 94.2 cm³/mol. The highest BCUT2D eigenvalue weighted by Crippen LogP contribution is 2.10. The van der Waals surface area contributed by atoms with Crippen molar-refractivity contribution >= 4 is 11.7 Å². The summed E-state index contributed by atoms with van der Waals surface area (Å²) in [5.41, 5.74) is 1.51. The van der Waals surface area contributed by atoms with Gasteiger partial charge in [-0.05, 0) is 12.1 Å². The lowest BCUT2D eigenvalue weighted by atomic mass is 10.1. The fourth-order valence-electron chi connectivity index (χ4n) is 2.97. The Bertz CT molecular complexity index is 677. The highest BCUT2D eigenvalue weighted by molar-refractivity contribution is 5.96. The third-order valence-corrected chi connectivity index (χ3v) is 4.43. The van der Waals surface area contributed by atoms with E-state index in [9.17, 15) is 9.59 Å². The summed E-state index contributed by atoms with van der Waals surface area (Å²) in [4.78, 5) is 28.7. The predicted octanol–water partition coefficient (Wildman–Crippen LogP) is 2.72. The SMILES string of the molecule is O=C(CCN1CCN(C(=O)c2ccccc2)CC1)c1ccccc1. The van der Waals surface area contributed by atoms with E-state index in [2.05, 4.69) is 4.90 Å². The van der Waals surface area contributed by atoms with Gasteiger partial charge in [-0.25, -0.2) is 0 Å². The fraction of sp³-hybridized carbons (Fsp3) is 0.300. The van der Waals surface area contributed by atoms with Crippen molar-refractivity contribution in [3.05, 3.63) is 71.8 Å². The number of piperazine rings is 1. The van der Waals surface area contributed by atoms with Crippen LogP contribution in [-0.4, -0.2) is 54.2 Å². The summed E-state index contributed by atoms with van der Waals surface area (Å²) < 4.78 is 0. The molecular weight excluding hydrogens is 300 g/mol. The molecule has 1 amide bonds. The average molecular weight is 322 g/mol. The van der Waals surface area contributed by atoms with Crippen LogP contribution in [0.4, 0.5) is 0 Å². The lowest BCUT2D eigenvalue weighted by molar-refractivity contribution is 0.0628. The molecule has 0 spiro atoms. The van der Waals surface area contributed by atoms with E-state index in [1.807, 2.05) is 65.6 Å². The molecule has 1 heterocycles. The summed E-state index contributed by atoms with van der Waals surface area (Å²) in [6, 6.07) is 18.8. The molecule has 0 radical (unpaired) electrons. The molecule has 4 nitrogen and oxygen atoms in total. The molecule has 2 aromatic carbocycles. The van der Waals surface area contributed by atoms with Crippen molar-refractivity contribution in [2.45, 2.75) is 6.42 Å². The van der Waals surface area contributed by atoms with Crippen molar-refractivity contribution in [2.75, 3.05) is 32.7 Å². The maximum absolute atomic E-state index is 12.4. The average Bonchev–Trinajstić information content (AvgIpc) is 2.67. The number of carbonyl (C=O) groups excluding carboxylic acids is 2. The van der Waals surface area contributed by atoms with Gasteiger partial charge in [0.1, 0.15) is 0 Å². The van der Waals surface area contributed by atoms with Crippen LogP contribution in [-0.2, 0) is 0 Å². The van der Waals surface area contributed by atoms with Gasteiger partial charge in [0.2, 0.25) is 0 Å². The molecular formula is C20H22N2O2. The van der Waals surface area contributed by atoms with E-state index in [4.69, 9.17) is 0 Å². The van der Waals surface area contributed by atoms with E-state index < -0.39 is 0 Å². The van der Waals surface area contributed by atoms with Gasteiger partial charge in [0.25, 0.3) is 5.91 Å². The third-order valence-electron chi connectivity index (χ3n) is 4.43. The zero-order valence-corrected chi connectivity index (χ0v) is 13.7. The van der Waals surface area contributed by atoms with Gasteiger partial charge in [-0.15, -0.1) is 0 Å². The Hall–Kier alpha value is -2.46. The maximum Gasteiger partial charge on any atom is 0.253 e. The van der Waals surface area contributed by atoms with Gasteiger partial charge in [-0.1, -0.05) is 48.5 Å². The number of rotatable bonds is 5. The molecule has 2 aromatic rings. The van der Waals surface area contributed by atoms with Crippen LogP contribution in [0.3, 0.4) is 0 Å². The Morgan fingerprint density at radius 1 is 0.750 bits per heavy atom. The first kappa shape index (κ1) is 16.4. The zero-order chi connectivity index (χ0) is 16.8. The summed E-state index contributed by atoms with van der Waals surface area (Å²) >= 11 is 0. The Kier molecular flexibility index (Phi) is 5.39. The Balaban J connectivity index is 1.46. The highest BCUT2D eigenvalue weighted by atomic mass is 16.2. The highest BCUT2D eigenvalue weighted by Gasteiger charge is 2.22. The van der Waals surface area contributed by atoms with Crippen LogP contribution in [0.5, 0.6) is 0 Å². The van der Waals surface area contributed by atoms with Gasteiger partial charge in [-0.3, -0.25) is 14.5 Å². The topological polar surface area (TPSA) is 40.6 Å². The molecule has 0 saturated carbocycles. The molecule has 0 atom stereocenters. The summed E-state index contributed by atoms with van der Waals surface area (Å²) in [5, 5.41) is 0. The van der Waals surface area contributed by atoms with E-state index in [0.29, 0.717) is 19.5 Å². The third kappa shape index (κ3) is 4.09. The lowest BCUT2D eigenvalue weighted by Crippen LogP contribution is -2.49. The van der Waals surface area contributed by atoms with Gasteiger partial charge < -0.3 is 4.90 Å². The number of nitrogens with zero attached hydrogens (tertiary/aromatic N) is 2. The van der Waals surface area contributed by atoms with Crippen LogP contribution >= 0.6 is 0 Å². The van der Waals surface area contributed by atoms with E-state index in [1.165, 1.54) is 0 Å². The number of Topliss-reactive ketones (excluding diaryl/α,β-unsaturated/α-hetero) is 1. The van der Waals surface area contributed by atoms with E-state index >= 15 is 0 Å². The normalized spacial score (nSPS) is 15.2. The molecule has 3 rings (SSSR count). The van der Waals surface area contributed by atoms with Crippen molar-refractivity contribution in [3.8, 4) is 0 Å². The summed E-state index contributed by atoms with van der Waals surface area (Å²) in [5.74, 6) is 0.272. The first-order valence-electron chi connectivity index (χ1n) is 8.39. The largest absolute Gasteiger partial charge is 0.336 e. The summed E-state index contributed by atoms with van der Waals surface area (Å²) in [7, 11) is 0. The number of carbonyl (C=O) groups is 2. The quantitative estimate of drug-likeness (QED) is 0.795. The first-order chi connectivity index (χ1) is 11.7. The van der Waals surface area contributed by atoms with E-state index in [-0.39, 0.29) is 11.7 Å². The second kappa shape index (κ2) is 7.88. The van der Waals surface area contributed by atoms with Gasteiger partial charge in [0, 0.05) is 50.3 Å². The molecule has 0 aromatic heterocycles. The van der Waals surface area contributed by atoms with E-state index in [0.717, 1.165) is 30.8 Å². The minimum Gasteiger partial charge on any atom is -0.336 e. The van der Waals surface area contributed by atoms with Crippen molar-refractivity contribution in [3.63, 3.8) is 0 Å². The molecule has 4 heteroatoms. The number of ketones is 1. The standard InChI is InChI=1S/C20H22N2O2/c23-19(17-7-3-1-4-8-17)11-12-21-13-15-22(16-14-21)20(24)18-9-5-2-6-10-18/h1-10H,11-16H2. The number of hydrogen-bond acceptors (Lipinski definition) is 3. The minimum absolute atomic E-state index is 0.0932. The molecule has 0 bridgehead atoms. The fourth-order valence-corrected chi connectivity index (χ4v) is 2.97. The number of hydrogen-bond donors (Lipinski definition) is 0.